The third kappa shape index (κ3) is 2.24. The van der Waals surface area contributed by atoms with E-state index in [4.69, 9.17) is 5.11 Å². The lowest BCUT2D eigenvalue weighted by Crippen LogP contribution is -2.47. The number of carboxylic acid groups (broad SMARTS) is 1. The summed E-state index contributed by atoms with van der Waals surface area (Å²) in [5.41, 5.74) is 0.749. The standard InChI is InChI=1S/C16H17FO3/c17-13-3-1-2-10(6-13)14-7-12-5-4-11(14)8-16(12,20)9-15(18)19/h1-3,6-7,11-12,20H,4-5,8-9H2,(H,18,19). The van der Waals surface area contributed by atoms with Gasteiger partial charge in [-0.2, -0.15) is 0 Å². The van der Waals surface area contributed by atoms with E-state index in [1.165, 1.54) is 12.1 Å². The Balaban J connectivity index is 1.93. The number of allylic oxidation sites excluding steroid dienone is 1. The minimum Gasteiger partial charge on any atom is -0.481 e. The second-order valence-corrected chi connectivity index (χ2v) is 5.89. The quantitative estimate of drug-likeness (QED) is 0.892. The molecule has 0 saturated heterocycles. The Labute approximate surface area is 116 Å². The number of halogens is 1. The lowest BCUT2D eigenvalue weighted by molar-refractivity contribution is -0.147. The Hall–Kier alpha value is -1.68. The number of aliphatic carboxylic acids is 1. The molecule has 0 aliphatic heterocycles. The second-order valence-electron chi connectivity index (χ2n) is 5.89. The molecule has 4 heteroatoms. The molecule has 2 bridgehead atoms. The van der Waals surface area contributed by atoms with Gasteiger partial charge in [-0.25, -0.2) is 4.39 Å². The first-order valence-electron chi connectivity index (χ1n) is 6.90. The molecule has 0 amide bonds. The zero-order valence-corrected chi connectivity index (χ0v) is 11.1. The Morgan fingerprint density at radius 3 is 2.80 bits per heavy atom. The summed E-state index contributed by atoms with van der Waals surface area (Å²) >= 11 is 0. The van der Waals surface area contributed by atoms with E-state index in [0.29, 0.717) is 6.42 Å². The first-order valence-corrected chi connectivity index (χ1v) is 6.90. The molecule has 20 heavy (non-hydrogen) atoms. The highest BCUT2D eigenvalue weighted by Gasteiger charge is 2.47. The predicted octanol–water partition coefficient (Wildman–Crippen LogP) is 2.84. The van der Waals surface area contributed by atoms with Crippen molar-refractivity contribution in [1.29, 1.82) is 0 Å². The summed E-state index contributed by atoms with van der Waals surface area (Å²) in [5.74, 6) is -1.28. The molecule has 0 heterocycles. The minimum absolute atomic E-state index is 0.117. The van der Waals surface area contributed by atoms with Gasteiger partial charge < -0.3 is 10.2 Å². The highest BCUT2D eigenvalue weighted by molar-refractivity contribution is 5.72. The fourth-order valence-electron chi connectivity index (χ4n) is 3.65. The maximum atomic E-state index is 13.3. The van der Waals surface area contributed by atoms with Crippen molar-refractivity contribution in [1.82, 2.24) is 0 Å². The number of aliphatic hydroxyl groups is 1. The number of fused-ring (bicyclic) bond motifs is 2. The van der Waals surface area contributed by atoms with Crippen LogP contribution >= 0.6 is 0 Å². The Morgan fingerprint density at radius 1 is 1.40 bits per heavy atom. The molecule has 3 atom stereocenters. The molecular weight excluding hydrogens is 259 g/mol. The van der Waals surface area contributed by atoms with Gasteiger partial charge in [0.05, 0.1) is 12.0 Å². The molecule has 106 valence electrons. The lowest BCUT2D eigenvalue weighted by Gasteiger charge is -2.47. The van der Waals surface area contributed by atoms with Crippen molar-refractivity contribution in [3.8, 4) is 0 Å². The number of hydrogen-bond donors (Lipinski definition) is 2. The van der Waals surface area contributed by atoms with Crippen LogP contribution in [0.25, 0.3) is 5.57 Å². The monoisotopic (exact) mass is 276 g/mol. The average Bonchev–Trinajstić information content (AvgIpc) is 2.37. The molecule has 0 aromatic heterocycles. The number of hydrogen-bond acceptors (Lipinski definition) is 2. The smallest absolute Gasteiger partial charge is 0.306 e. The lowest BCUT2D eigenvalue weighted by atomic mass is 9.61. The van der Waals surface area contributed by atoms with Crippen molar-refractivity contribution in [3.63, 3.8) is 0 Å². The molecule has 3 aliphatic carbocycles. The summed E-state index contributed by atoms with van der Waals surface area (Å²) in [6.07, 6.45) is 3.91. The van der Waals surface area contributed by atoms with Crippen molar-refractivity contribution < 1.29 is 19.4 Å². The van der Waals surface area contributed by atoms with E-state index in [9.17, 15) is 14.3 Å². The van der Waals surface area contributed by atoms with E-state index < -0.39 is 11.6 Å². The number of carbonyl (C=O) groups is 1. The minimum atomic E-state index is -1.15. The molecule has 1 aromatic rings. The van der Waals surface area contributed by atoms with Gasteiger partial charge in [0.1, 0.15) is 5.82 Å². The van der Waals surface area contributed by atoms with Gasteiger partial charge in [0, 0.05) is 5.92 Å². The molecule has 3 aliphatic rings. The van der Waals surface area contributed by atoms with Gasteiger partial charge in [-0.05, 0) is 48.4 Å². The molecule has 4 rings (SSSR count). The van der Waals surface area contributed by atoms with Crippen LogP contribution in [0.1, 0.15) is 31.2 Å². The van der Waals surface area contributed by atoms with E-state index in [-0.39, 0.29) is 24.1 Å². The van der Waals surface area contributed by atoms with Gasteiger partial charge in [0.25, 0.3) is 0 Å². The summed E-state index contributed by atoms with van der Waals surface area (Å²) in [6, 6.07) is 6.46. The van der Waals surface area contributed by atoms with Crippen molar-refractivity contribution in [2.75, 3.05) is 0 Å². The maximum absolute atomic E-state index is 13.3. The fourth-order valence-corrected chi connectivity index (χ4v) is 3.65. The van der Waals surface area contributed by atoms with Crippen LogP contribution < -0.4 is 0 Å². The summed E-state index contributed by atoms with van der Waals surface area (Å²) in [4.78, 5) is 10.9. The van der Waals surface area contributed by atoms with Gasteiger partial charge in [0.15, 0.2) is 0 Å². The molecule has 1 saturated carbocycles. The van der Waals surface area contributed by atoms with E-state index in [2.05, 4.69) is 0 Å². The first kappa shape index (κ1) is 13.3. The van der Waals surface area contributed by atoms with Crippen molar-refractivity contribution in [2.24, 2.45) is 11.8 Å². The molecule has 1 fully saturated rings. The second kappa shape index (κ2) is 4.70. The Morgan fingerprint density at radius 2 is 2.20 bits per heavy atom. The van der Waals surface area contributed by atoms with Crippen LogP contribution in [-0.2, 0) is 4.79 Å². The molecule has 3 nitrogen and oxygen atoms in total. The van der Waals surface area contributed by atoms with Crippen molar-refractivity contribution in [3.05, 3.63) is 41.7 Å². The molecular formula is C16H17FO3. The van der Waals surface area contributed by atoms with E-state index >= 15 is 0 Å². The summed E-state index contributed by atoms with van der Waals surface area (Å²) < 4.78 is 13.3. The van der Waals surface area contributed by atoms with Crippen LogP contribution in [0.5, 0.6) is 0 Å². The van der Waals surface area contributed by atoms with Crippen LogP contribution in [0.3, 0.4) is 0 Å². The fraction of sp³-hybridized carbons (Fsp3) is 0.438. The number of rotatable bonds is 3. The predicted molar refractivity (Wildman–Crippen MR) is 72.4 cm³/mol. The van der Waals surface area contributed by atoms with Crippen LogP contribution in [0.15, 0.2) is 30.3 Å². The number of benzene rings is 1. The van der Waals surface area contributed by atoms with Gasteiger partial charge in [-0.1, -0.05) is 18.2 Å². The largest absolute Gasteiger partial charge is 0.481 e. The van der Waals surface area contributed by atoms with Gasteiger partial charge >= 0.3 is 5.97 Å². The van der Waals surface area contributed by atoms with Crippen LogP contribution in [0.4, 0.5) is 4.39 Å². The topological polar surface area (TPSA) is 57.5 Å². The zero-order valence-electron chi connectivity index (χ0n) is 11.1. The molecule has 1 aromatic carbocycles. The molecule has 0 spiro atoms. The Bertz CT molecular complexity index is 581. The number of carboxylic acids is 1. The zero-order chi connectivity index (χ0) is 14.3. The van der Waals surface area contributed by atoms with Gasteiger partial charge in [-0.15, -0.1) is 0 Å². The van der Waals surface area contributed by atoms with Crippen LogP contribution in [-0.4, -0.2) is 21.8 Å². The van der Waals surface area contributed by atoms with E-state index in [0.717, 1.165) is 24.0 Å². The first-order chi connectivity index (χ1) is 9.48. The van der Waals surface area contributed by atoms with Crippen molar-refractivity contribution >= 4 is 11.5 Å². The van der Waals surface area contributed by atoms with Gasteiger partial charge in [0.2, 0.25) is 0 Å². The molecule has 2 N–H and O–H groups in total. The van der Waals surface area contributed by atoms with E-state index in [1.54, 1.807) is 6.07 Å². The summed E-state index contributed by atoms with van der Waals surface area (Å²) in [7, 11) is 0. The normalized spacial score (nSPS) is 32.0. The molecule has 3 unspecified atom stereocenters. The van der Waals surface area contributed by atoms with Crippen molar-refractivity contribution in [2.45, 2.75) is 31.3 Å². The van der Waals surface area contributed by atoms with Gasteiger partial charge in [-0.3, -0.25) is 4.79 Å². The molecule has 0 radical (unpaired) electrons. The maximum Gasteiger partial charge on any atom is 0.306 e. The van der Waals surface area contributed by atoms with Crippen LogP contribution in [0, 0.1) is 17.7 Å². The summed E-state index contributed by atoms with van der Waals surface area (Å²) in [5, 5.41) is 19.5. The third-order valence-electron chi connectivity index (χ3n) is 4.55. The highest BCUT2D eigenvalue weighted by atomic mass is 19.1. The van der Waals surface area contributed by atoms with E-state index in [1.807, 2.05) is 12.1 Å². The SMILES string of the molecule is O=C(O)CC1(O)CC2CCC1C=C2c1cccc(F)c1. The average molecular weight is 276 g/mol. The Kier molecular flexibility index (Phi) is 3.13. The summed E-state index contributed by atoms with van der Waals surface area (Å²) in [6.45, 7) is 0. The third-order valence-corrected chi connectivity index (χ3v) is 4.55. The van der Waals surface area contributed by atoms with Crippen LogP contribution in [0.2, 0.25) is 0 Å². The highest BCUT2D eigenvalue weighted by Crippen LogP contribution is 2.51.